The standard InChI is InChI=1S/C11H23N/c1-10(2)11(3)7-5-4-6-8-12-9-11/h10,12H,4-9H2,1-3H3. The Morgan fingerprint density at radius 3 is 2.58 bits per heavy atom. The molecule has 0 aromatic heterocycles. The lowest BCUT2D eigenvalue weighted by molar-refractivity contribution is 0.176. The van der Waals surface area contributed by atoms with Gasteiger partial charge in [0.15, 0.2) is 0 Å². The second-order valence-corrected chi connectivity index (χ2v) is 4.80. The van der Waals surface area contributed by atoms with E-state index in [4.69, 9.17) is 0 Å². The number of hydrogen-bond donors (Lipinski definition) is 1. The van der Waals surface area contributed by atoms with Crippen molar-refractivity contribution in [1.29, 1.82) is 0 Å². The first-order valence-corrected chi connectivity index (χ1v) is 5.36. The van der Waals surface area contributed by atoms with Crippen LogP contribution in [-0.4, -0.2) is 13.1 Å². The number of rotatable bonds is 1. The molecule has 1 fully saturated rings. The van der Waals surface area contributed by atoms with Crippen LogP contribution in [0.1, 0.15) is 46.5 Å². The Morgan fingerprint density at radius 2 is 1.92 bits per heavy atom. The van der Waals surface area contributed by atoms with E-state index < -0.39 is 0 Å². The minimum absolute atomic E-state index is 0.542. The summed E-state index contributed by atoms with van der Waals surface area (Å²) < 4.78 is 0. The van der Waals surface area contributed by atoms with E-state index in [1.807, 2.05) is 0 Å². The zero-order valence-corrected chi connectivity index (χ0v) is 8.82. The van der Waals surface area contributed by atoms with Crippen molar-refractivity contribution in [2.45, 2.75) is 46.5 Å². The van der Waals surface area contributed by atoms with Crippen molar-refractivity contribution in [1.82, 2.24) is 5.32 Å². The molecule has 1 unspecified atom stereocenters. The second kappa shape index (κ2) is 4.27. The summed E-state index contributed by atoms with van der Waals surface area (Å²) in [5.74, 6) is 0.808. The summed E-state index contributed by atoms with van der Waals surface area (Å²) in [5.41, 5.74) is 0.542. The molecule has 1 rings (SSSR count). The fourth-order valence-electron chi connectivity index (χ4n) is 1.91. The molecule has 0 spiro atoms. The van der Waals surface area contributed by atoms with Crippen molar-refractivity contribution < 1.29 is 0 Å². The van der Waals surface area contributed by atoms with Gasteiger partial charge in [-0.2, -0.15) is 0 Å². The molecule has 0 amide bonds. The first kappa shape index (κ1) is 10.0. The maximum absolute atomic E-state index is 3.56. The highest BCUT2D eigenvalue weighted by atomic mass is 14.9. The van der Waals surface area contributed by atoms with Crippen molar-refractivity contribution in [2.75, 3.05) is 13.1 Å². The Kier molecular flexibility index (Phi) is 3.57. The van der Waals surface area contributed by atoms with Gasteiger partial charge in [-0.25, -0.2) is 0 Å². The van der Waals surface area contributed by atoms with E-state index in [1.54, 1.807) is 0 Å². The molecule has 72 valence electrons. The van der Waals surface area contributed by atoms with Gasteiger partial charge in [0.25, 0.3) is 0 Å². The van der Waals surface area contributed by atoms with Crippen LogP contribution in [0.2, 0.25) is 0 Å². The van der Waals surface area contributed by atoms with Crippen LogP contribution < -0.4 is 5.32 Å². The monoisotopic (exact) mass is 169 g/mol. The van der Waals surface area contributed by atoms with Gasteiger partial charge >= 0.3 is 0 Å². The third kappa shape index (κ3) is 2.48. The predicted molar refractivity (Wildman–Crippen MR) is 54.3 cm³/mol. The summed E-state index contributed by atoms with van der Waals surface area (Å²) >= 11 is 0. The third-order valence-corrected chi connectivity index (χ3v) is 3.52. The highest BCUT2D eigenvalue weighted by Gasteiger charge is 2.27. The van der Waals surface area contributed by atoms with Crippen LogP contribution in [-0.2, 0) is 0 Å². The second-order valence-electron chi connectivity index (χ2n) is 4.80. The maximum Gasteiger partial charge on any atom is 0.000761 e. The first-order chi connectivity index (χ1) is 5.65. The Hall–Kier alpha value is -0.0400. The van der Waals surface area contributed by atoms with E-state index in [1.165, 1.54) is 38.8 Å². The molecule has 1 N–H and O–H groups in total. The molecule has 0 radical (unpaired) electrons. The molecule has 0 aromatic carbocycles. The molecule has 1 heteroatoms. The van der Waals surface area contributed by atoms with Crippen molar-refractivity contribution in [3.05, 3.63) is 0 Å². The van der Waals surface area contributed by atoms with Crippen molar-refractivity contribution in [3.8, 4) is 0 Å². The SMILES string of the molecule is CC(C)C1(C)CCCCCNC1. The smallest absolute Gasteiger partial charge is 0.000761 e. The molecule has 12 heavy (non-hydrogen) atoms. The zero-order chi connectivity index (χ0) is 9.03. The Bertz CT molecular complexity index is 121. The summed E-state index contributed by atoms with van der Waals surface area (Å²) in [4.78, 5) is 0. The van der Waals surface area contributed by atoms with E-state index >= 15 is 0 Å². The summed E-state index contributed by atoms with van der Waals surface area (Å²) in [5, 5.41) is 3.56. The minimum Gasteiger partial charge on any atom is -0.316 e. The van der Waals surface area contributed by atoms with Gasteiger partial charge < -0.3 is 5.32 Å². The van der Waals surface area contributed by atoms with Gasteiger partial charge in [-0.15, -0.1) is 0 Å². The summed E-state index contributed by atoms with van der Waals surface area (Å²) in [6.45, 7) is 9.57. The maximum atomic E-state index is 3.56. The lowest BCUT2D eigenvalue weighted by Gasteiger charge is -2.35. The average Bonchev–Trinajstić information content (AvgIpc) is 1.97. The van der Waals surface area contributed by atoms with Gasteiger partial charge in [-0.1, -0.05) is 33.6 Å². The Morgan fingerprint density at radius 1 is 1.17 bits per heavy atom. The molecule has 1 nitrogen and oxygen atoms in total. The topological polar surface area (TPSA) is 12.0 Å². The molecule has 1 aliphatic rings. The number of nitrogens with one attached hydrogen (secondary N) is 1. The highest BCUT2D eigenvalue weighted by Crippen LogP contribution is 2.33. The van der Waals surface area contributed by atoms with E-state index in [0.717, 1.165) is 5.92 Å². The molecular weight excluding hydrogens is 146 g/mol. The van der Waals surface area contributed by atoms with E-state index in [9.17, 15) is 0 Å². The van der Waals surface area contributed by atoms with Gasteiger partial charge in [-0.3, -0.25) is 0 Å². The summed E-state index contributed by atoms with van der Waals surface area (Å²) in [7, 11) is 0. The predicted octanol–water partition coefficient (Wildman–Crippen LogP) is 2.81. The van der Waals surface area contributed by atoms with E-state index in [-0.39, 0.29) is 0 Å². The largest absolute Gasteiger partial charge is 0.316 e. The van der Waals surface area contributed by atoms with Crippen LogP contribution in [0, 0.1) is 11.3 Å². The van der Waals surface area contributed by atoms with Gasteiger partial charge in [0.05, 0.1) is 0 Å². The Balaban J connectivity index is 2.48. The van der Waals surface area contributed by atoms with E-state index in [2.05, 4.69) is 26.1 Å². The van der Waals surface area contributed by atoms with Crippen LogP contribution in [0.3, 0.4) is 0 Å². The lowest BCUT2D eigenvalue weighted by Crippen LogP contribution is -2.37. The van der Waals surface area contributed by atoms with Gasteiger partial charge in [0.1, 0.15) is 0 Å². The average molecular weight is 169 g/mol. The van der Waals surface area contributed by atoms with Crippen LogP contribution in [0.25, 0.3) is 0 Å². The van der Waals surface area contributed by atoms with Crippen molar-refractivity contribution >= 4 is 0 Å². The van der Waals surface area contributed by atoms with Crippen molar-refractivity contribution in [2.24, 2.45) is 11.3 Å². The summed E-state index contributed by atoms with van der Waals surface area (Å²) in [6.07, 6.45) is 5.61. The molecular formula is C11H23N. The fourth-order valence-corrected chi connectivity index (χ4v) is 1.91. The zero-order valence-electron chi connectivity index (χ0n) is 8.82. The first-order valence-electron chi connectivity index (χ1n) is 5.36. The molecule has 1 aliphatic heterocycles. The molecule has 0 bridgehead atoms. The van der Waals surface area contributed by atoms with Crippen LogP contribution in [0.4, 0.5) is 0 Å². The quantitative estimate of drug-likeness (QED) is 0.636. The molecule has 1 saturated heterocycles. The van der Waals surface area contributed by atoms with Gasteiger partial charge in [-0.05, 0) is 30.7 Å². The van der Waals surface area contributed by atoms with Crippen LogP contribution >= 0.6 is 0 Å². The van der Waals surface area contributed by atoms with Crippen molar-refractivity contribution in [3.63, 3.8) is 0 Å². The molecule has 0 aliphatic carbocycles. The molecule has 1 heterocycles. The molecule has 0 aromatic rings. The van der Waals surface area contributed by atoms with E-state index in [0.29, 0.717) is 5.41 Å². The van der Waals surface area contributed by atoms with Gasteiger partial charge in [0, 0.05) is 6.54 Å². The summed E-state index contributed by atoms with van der Waals surface area (Å²) in [6, 6.07) is 0. The fraction of sp³-hybridized carbons (Fsp3) is 1.00. The Labute approximate surface area is 76.9 Å². The third-order valence-electron chi connectivity index (χ3n) is 3.52. The normalized spacial score (nSPS) is 33.0. The van der Waals surface area contributed by atoms with Crippen LogP contribution in [0.15, 0.2) is 0 Å². The van der Waals surface area contributed by atoms with Gasteiger partial charge in [0.2, 0.25) is 0 Å². The lowest BCUT2D eigenvalue weighted by atomic mass is 9.74. The molecule has 0 saturated carbocycles. The highest BCUT2D eigenvalue weighted by molar-refractivity contribution is 4.81. The van der Waals surface area contributed by atoms with Crippen LogP contribution in [0.5, 0.6) is 0 Å². The number of hydrogen-bond acceptors (Lipinski definition) is 1. The molecule has 1 atom stereocenters. The minimum atomic E-state index is 0.542.